The number of nitrogens with zero attached hydrogens (tertiary/aromatic N) is 2. The van der Waals surface area contributed by atoms with Crippen LogP contribution in [0.15, 0.2) is 54.6 Å². The highest BCUT2D eigenvalue weighted by atomic mass is 16.1. The number of benzene rings is 2. The molecule has 0 spiro atoms. The van der Waals surface area contributed by atoms with Gasteiger partial charge in [0.15, 0.2) is 5.78 Å². The second-order valence-corrected chi connectivity index (χ2v) is 5.15. The maximum atomic E-state index is 12.7. The molecular weight excluding hydrogens is 260 g/mol. The molecule has 3 nitrogen and oxygen atoms in total. The molecule has 1 atom stereocenters. The molecule has 0 saturated carbocycles. The average Bonchev–Trinajstić information content (AvgIpc) is 2.92. The van der Waals surface area contributed by atoms with Crippen LogP contribution in [0, 0.1) is 0 Å². The van der Waals surface area contributed by atoms with Crippen LogP contribution in [0.3, 0.4) is 0 Å². The molecule has 21 heavy (non-hydrogen) atoms. The zero-order valence-corrected chi connectivity index (χ0v) is 12.3. The van der Waals surface area contributed by atoms with E-state index in [0.29, 0.717) is 0 Å². The molecule has 3 aromatic rings. The van der Waals surface area contributed by atoms with E-state index in [1.54, 1.807) is 0 Å². The van der Waals surface area contributed by atoms with Gasteiger partial charge in [-0.3, -0.25) is 4.79 Å². The minimum absolute atomic E-state index is 0.119. The average molecular weight is 278 g/mol. The Kier molecular flexibility index (Phi) is 3.57. The number of aromatic nitrogens is 2. The van der Waals surface area contributed by atoms with E-state index in [1.807, 2.05) is 61.5 Å². The van der Waals surface area contributed by atoms with Crippen LogP contribution in [0.1, 0.15) is 36.1 Å². The summed E-state index contributed by atoms with van der Waals surface area (Å²) in [5.74, 6) is 1.07. The molecule has 106 valence electrons. The van der Waals surface area contributed by atoms with Gasteiger partial charge < -0.3 is 4.57 Å². The van der Waals surface area contributed by atoms with Crippen LogP contribution in [0.25, 0.3) is 11.0 Å². The van der Waals surface area contributed by atoms with Gasteiger partial charge >= 0.3 is 0 Å². The third kappa shape index (κ3) is 2.35. The number of ketones is 1. The molecule has 0 aliphatic rings. The van der Waals surface area contributed by atoms with E-state index in [9.17, 15) is 4.79 Å². The fraction of sp³-hybridized carbons (Fsp3) is 0.222. The van der Waals surface area contributed by atoms with Gasteiger partial charge in [-0.2, -0.15) is 0 Å². The molecule has 1 heterocycles. The number of para-hydroxylation sites is 2. The number of fused-ring (bicyclic) bond motifs is 1. The predicted molar refractivity (Wildman–Crippen MR) is 84.6 cm³/mol. The van der Waals surface area contributed by atoms with Gasteiger partial charge in [0.25, 0.3) is 0 Å². The molecule has 0 saturated heterocycles. The SMILES string of the molecule is CCc1nc2ccccc2n1C(C)C(=O)c1ccccc1. The lowest BCUT2D eigenvalue weighted by molar-refractivity contribution is 0.0935. The largest absolute Gasteiger partial charge is 0.317 e. The summed E-state index contributed by atoms with van der Waals surface area (Å²) in [6.07, 6.45) is 0.807. The first kappa shape index (κ1) is 13.6. The number of hydrogen-bond acceptors (Lipinski definition) is 2. The van der Waals surface area contributed by atoms with E-state index in [4.69, 9.17) is 0 Å². The van der Waals surface area contributed by atoms with Crippen molar-refractivity contribution in [3.63, 3.8) is 0 Å². The second kappa shape index (κ2) is 5.52. The number of hydrogen-bond donors (Lipinski definition) is 0. The quantitative estimate of drug-likeness (QED) is 0.675. The van der Waals surface area contributed by atoms with Gasteiger partial charge in [-0.05, 0) is 19.1 Å². The van der Waals surface area contributed by atoms with Crippen molar-refractivity contribution in [2.75, 3.05) is 0 Å². The monoisotopic (exact) mass is 278 g/mol. The number of carbonyl (C=O) groups excluding carboxylic acids is 1. The summed E-state index contributed by atoms with van der Waals surface area (Å²) in [5.41, 5.74) is 2.71. The van der Waals surface area contributed by atoms with Crippen molar-refractivity contribution in [2.24, 2.45) is 0 Å². The van der Waals surface area contributed by atoms with Crippen molar-refractivity contribution >= 4 is 16.8 Å². The zero-order valence-electron chi connectivity index (χ0n) is 12.3. The summed E-state index contributed by atoms with van der Waals surface area (Å²) in [6.45, 7) is 4.01. The summed E-state index contributed by atoms with van der Waals surface area (Å²) in [7, 11) is 0. The lowest BCUT2D eigenvalue weighted by Crippen LogP contribution is -2.18. The van der Waals surface area contributed by atoms with E-state index < -0.39 is 0 Å². The van der Waals surface area contributed by atoms with Crippen LogP contribution in [-0.2, 0) is 6.42 Å². The standard InChI is InChI=1S/C18H18N2O/c1-3-17-19-15-11-7-8-12-16(15)20(17)13(2)18(21)14-9-5-4-6-10-14/h4-13H,3H2,1-2H3. The van der Waals surface area contributed by atoms with Crippen LogP contribution in [-0.4, -0.2) is 15.3 Å². The Labute approximate surface area is 124 Å². The third-order valence-electron chi connectivity index (χ3n) is 3.81. The molecule has 1 unspecified atom stereocenters. The van der Waals surface area contributed by atoms with Crippen LogP contribution in [0.4, 0.5) is 0 Å². The molecule has 3 heteroatoms. The van der Waals surface area contributed by atoms with Gasteiger partial charge in [0.1, 0.15) is 5.82 Å². The Morgan fingerprint density at radius 1 is 1.10 bits per heavy atom. The van der Waals surface area contributed by atoms with Crippen molar-refractivity contribution in [3.8, 4) is 0 Å². The van der Waals surface area contributed by atoms with Crippen LogP contribution in [0.2, 0.25) is 0 Å². The number of carbonyl (C=O) groups is 1. The smallest absolute Gasteiger partial charge is 0.185 e. The summed E-state index contributed by atoms with van der Waals surface area (Å²) >= 11 is 0. The van der Waals surface area contributed by atoms with Crippen molar-refractivity contribution < 1.29 is 4.79 Å². The first-order valence-corrected chi connectivity index (χ1v) is 7.27. The number of rotatable bonds is 4. The third-order valence-corrected chi connectivity index (χ3v) is 3.81. The molecule has 0 radical (unpaired) electrons. The maximum absolute atomic E-state index is 12.7. The van der Waals surface area contributed by atoms with E-state index >= 15 is 0 Å². The molecule has 0 amide bonds. The molecular formula is C18H18N2O. The van der Waals surface area contributed by atoms with Gasteiger partial charge in [-0.25, -0.2) is 4.98 Å². The minimum Gasteiger partial charge on any atom is -0.317 e. The molecule has 0 bridgehead atoms. The van der Waals surface area contributed by atoms with Crippen molar-refractivity contribution in [2.45, 2.75) is 26.3 Å². The topological polar surface area (TPSA) is 34.9 Å². The van der Waals surface area contributed by atoms with E-state index in [2.05, 4.69) is 16.5 Å². The molecule has 3 rings (SSSR count). The Morgan fingerprint density at radius 3 is 2.48 bits per heavy atom. The van der Waals surface area contributed by atoms with Gasteiger partial charge in [0, 0.05) is 12.0 Å². The Hall–Kier alpha value is -2.42. The van der Waals surface area contributed by atoms with E-state index in [1.165, 1.54) is 0 Å². The summed E-state index contributed by atoms with van der Waals surface area (Å²) < 4.78 is 2.06. The minimum atomic E-state index is -0.255. The van der Waals surface area contributed by atoms with E-state index in [-0.39, 0.29) is 11.8 Å². The summed E-state index contributed by atoms with van der Waals surface area (Å²) in [5, 5.41) is 0. The lowest BCUT2D eigenvalue weighted by Gasteiger charge is -2.16. The fourth-order valence-electron chi connectivity index (χ4n) is 2.74. The summed E-state index contributed by atoms with van der Waals surface area (Å²) in [6, 6.07) is 17.2. The zero-order chi connectivity index (χ0) is 14.8. The molecule has 2 aromatic carbocycles. The first-order valence-electron chi connectivity index (χ1n) is 7.27. The Balaban J connectivity index is 2.09. The predicted octanol–water partition coefficient (Wildman–Crippen LogP) is 4.04. The molecule has 0 aliphatic carbocycles. The molecule has 0 fully saturated rings. The van der Waals surface area contributed by atoms with Crippen LogP contribution >= 0.6 is 0 Å². The van der Waals surface area contributed by atoms with Crippen molar-refractivity contribution in [3.05, 3.63) is 66.0 Å². The highest BCUT2D eigenvalue weighted by Crippen LogP contribution is 2.24. The van der Waals surface area contributed by atoms with Gasteiger partial charge in [-0.1, -0.05) is 49.4 Å². The number of aryl methyl sites for hydroxylation is 1. The van der Waals surface area contributed by atoms with Crippen molar-refractivity contribution in [1.29, 1.82) is 0 Å². The summed E-state index contributed by atoms with van der Waals surface area (Å²) in [4.78, 5) is 17.3. The first-order chi connectivity index (χ1) is 10.2. The van der Waals surface area contributed by atoms with E-state index in [0.717, 1.165) is 28.8 Å². The fourth-order valence-corrected chi connectivity index (χ4v) is 2.74. The Morgan fingerprint density at radius 2 is 1.76 bits per heavy atom. The second-order valence-electron chi connectivity index (χ2n) is 5.15. The van der Waals surface area contributed by atoms with Gasteiger partial charge in [0.05, 0.1) is 17.1 Å². The number of imidazole rings is 1. The van der Waals surface area contributed by atoms with Crippen LogP contribution in [0.5, 0.6) is 0 Å². The van der Waals surface area contributed by atoms with Crippen LogP contribution < -0.4 is 0 Å². The number of Topliss-reactive ketones (excluding diaryl/α,β-unsaturated/α-hetero) is 1. The normalized spacial score (nSPS) is 12.5. The van der Waals surface area contributed by atoms with Gasteiger partial charge in [-0.15, -0.1) is 0 Å². The highest BCUT2D eigenvalue weighted by molar-refractivity contribution is 5.99. The Bertz CT molecular complexity index is 774. The molecule has 0 aliphatic heterocycles. The highest BCUT2D eigenvalue weighted by Gasteiger charge is 2.21. The van der Waals surface area contributed by atoms with Gasteiger partial charge in [0.2, 0.25) is 0 Å². The van der Waals surface area contributed by atoms with Crippen molar-refractivity contribution in [1.82, 2.24) is 9.55 Å². The molecule has 0 N–H and O–H groups in total. The maximum Gasteiger partial charge on any atom is 0.185 e. The molecule has 1 aromatic heterocycles. The lowest BCUT2D eigenvalue weighted by atomic mass is 10.1.